The van der Waals surface area contributed by atoms with E-state index in [1.807, 2.05) is 0 Å². The minimum absolute atomic E-state index is 0.142. The van der Waals surface area contributed by atoms with Crippen LogP contribution in [0.3, 0.4) is 0 Å². The monoisotopic (exact) mass is 306 g/mol. The fourth-order valence-corrected chi connectivity index (χ4v) is 4.72. The topological polar surface area (TPSA) is 32.3 Å². The molecule has 1 fully saturated rings. The van der Waals surface area contributed by atoms with Gasteiger partial charge in [0.2, 0.25) is 0 Å². The smallest absolute Gasteiger partial charge is 0.252 e. The van der Waals surface area contributed by atoms with Gasteiger partial charge in [0.1, 0.15) is 0 Å². The number of carbonyl (C=O) groups is 1. The van der Waals surface area contributed by atoms with Crippen LogP contribution in [0.4, 0.5) is 0 Å². The van der Waals surface area contributed by atoms with Crippen LogP contribution in [0.5, 0.6) is 0 Å². The van der Waals surface area contributed by atoms with Crippen LogP contribution in [0, 0.1) is 5.92 Å². The average molecular weight is 306 g/mol. The first kappa shape index (κ1) is 15.0. The summed E-state index contributed by atoms with van der Waals surface area (Å²) in [5.41, 5.74) is 2.28. The van der Waals surface area contributed by atoms with Crippen molar-refractivity contribution in [3.05, 3.63) is 21.4 Å². The third kappa shape index (κ3) is 3.67. The number of nitrogens with one attached hydrogen (secondary N) is 1. The Labute approximate surface area is 131 Å². The second-order valence-electron chi connectivity index (χ2n) is 6.56. The Balaban J connectivity index is 1.47. The number of nitrogens with zero attached hydrogens (tertiary/aromatic N) is 1. The number of carbonyl (C=O) groups excluding carboxylic acids is 1. The number of fused-ring (bicyclic) bond motifs is 1. The number of rotatable bonds is 5. The van der Waals surface area contributed by atoms with Gasteiger partial charge < -0.3 is 10.2 Å². The molecular weight excluding hydrogens is 280 g/mol. The molecule has 1 amide bonds. The minimum Gasteiger partial charge on any atom is -0.352 e. The molecule has 3 rings (SSSR count). The molecule has 0 spiro atoms. The van der Waals surface area contributed by atoms with Crippen molar-refractivity contribution in [2.75, 3.05) is 26.2 Å². The number of hydrogen-bond donors (Lipinski definition) is 1. The van der Waals surface area contributed by atoms with Crippen molar-refractivity contribution in [2.24, 2.45) is 5.92 Å². The Bertz CT molecular complexity index is 491. The van der Waals surface area contributed by atoms with E-state index in [1.54, 1.807) is 11.3 Å². The first-order valence-corrected chi connectivity index (χ1v) is 9.22. The van der Waals surface area contributed by atoms with Crippen molar-refractivity contribution < 1.29 is 4.79 Å². The minimum atomic E-state index is 0.142. The van der Waals surface area contributed by atoms with Crippen LogP contribution < -0.4 is 5.32 Å². The van der Waals surface area contributed by atoms with Crippen LogP contribution in [0.2, 0.25) is 0 Å². The van der Waals surface area contributed by atoms with Gasteiger partial charge >= 0.3 is 0 Å². The van der Waals surface area contributed by atoms with Crippen LogP contribution in [-0.2, 0) is 12.8 Å². The Morgan fingerprint density at radius 1 is 1.43 bits per heavy atom. The molecule has 0 bridgehead atoms. The molecule has 0 radical (unpaired) electrons. The fraction of sp³-hybridized carbons (Fsp3) is 0.706. The number of hydrogen-bond acceptors (Lipinski definition) is 3. The summed E-state index contributed by atoms with van der Waals surface area (Å²) in [5, 5.41) is 5.18. The summed E-state index contributed by atoms with van der Waals surface area (Å²) in [7, 11) is 0. The van der Waals surface area contributed by atoms with Crippen LogP contribution in [-0.4, -0.2) is 37.0 Å². The molecule has 116 valence electrons. The van der Waals surface area contributed by atoms with Crippen molar-refractivity contribution in [3.63, 3.8) is 0 Å². The second kappa shape index (κ2) is 6.93. The maximum Gasteiger partial charge on any atom is 0.252 e. The molecule has 2 aliphatic rings. The van der Waals surface area contributed by atoms with Crippen molar-refractivity contribution in [2.45, 2.75) is 45.4 Å². The largest absolute Gasteiger partial charge is 0.352 e. The molecule has 0 aromatic carbocycles. The maximum absolute atomic E-state index is 12.3. The highest BCUT2D eigenvalue weighted by atomic mass is 32.1. The molecule has 0 saturated carbocycles. The van der Waals surface area contributed by atoms with Gasteiger partial charge in [-0.2, -0.15) is 0 Å². The third-order valence-corrected chi connectivity index (χ3v) is 5.83. The van der Waals surface area contributed by atoms with Gasteiger partial charge in [-0.1, -0.05) is 6.92 Å². The van der Waals surface area contributed by atoms with Crippen LogP contribution in [0.25, 0.3) is 0 Å². The van der Waals surface area contributed by atoms with Gasteiger partial charge in [0.05, 0.1) is 5.56 Å². The lowest BCUT2D eigenvalue weighted by Crippen LogP contribution is -2.29. The summed E-state index contributed by atoms with van der Waals surface area (Å²) < 4.78 is 0. The van der Waals surface area contributed by atoms with Gasteiger partial charge in [0, 0.05) is 16.8 Å². The SMILES string of the molecule is CC1CCc2c(C(=O)NCCCN3CCCC3)csc2C1. The third-order valence-electron chi connectivity index (χ3n) is 4.78. The van der Waals surface area contributed by atoms with E-state index >= 15 is 0 Å². The van der Waals surface area contributed by atoms with Gasteiger partial charge in [-0.05, 0) is 69.6 Å². The van der Waals surface area contributed by atoms with E-state index in [4.69, 9.17) is 0 Å². The zero-order valence-corrected chi connectivity index (χ0v) is 13.8. The molecule has 1 saturated heterocycles. The molecule has 1 aromatic heterocycles. The second-order valence-corrected chi connectivity index (χ2v) is 7.52. The summed E-state index contributed by atoms with van der Waals surface area (Å²) in [4.78, 5) is 16.3. The molecule has 1 aromatic rings. The summed E-state index contributed by atoms with van der Waals surface area (Å²) in [5.74, 6) is 0.913. The van der Waals surface area contributed by atoms with E-state index < -0.39 is 0 Å². The fourth-order valence-electron chi connectivity index (χ4n) is 3.47. The molecule has 1 aliphatic heterocycles. The first-order chi connectivity index (χ1) is 10.2. The maximum atomic E-state index is 12.3. The van der Waals surface area contributed by atoms with Crippen LogP contribution in [0.15, 0.2) is 5.38 Å². The predicted molar refractivity (Wildman–Crippen MR) is 88.1 cm³/mol. The zero-order chi connectivity index (χ0) is 14.7. The molecule has 4 heteroatoms. The van der Waals surface area contributed by atoms with E-state index in [0.29, 0.717) is 0 Å². The highest BCUT2D eigenvalue weighted by molar-refractivity contribution is 7.10. The van der Waals surface area contributed by atoms with E-state index in [2.05, 4.69) is 22.5 Å². The first-order valence-electron chi connectivity index (χ1n) is 8.34. The van der Waals surface area contributed by atoms with Gasteiger partial charge in [-0.15, -0.1) is 11.3 Å². The molecule has 1 N–H and O–H groups in total. The number of likely N-dealkylation sites (tertiary alicyclic amines) is 1. The average Bonchev–Trinajstić information content (AvgIpc) is 3.12. The van der Waals surface area contributed by atoms with E-state index in [9.17, 15) is 4.79 Å². The van der Waals surface area contributed by atoms with Crippen molar-refractivity contribution in [1.29, 1.82) is 0 Å². The van der Waals surface area contributed by atoms with Gasteiger partial charge in [0.15, 0.2) is 0 Å². The molecule has 1 atom stereocenters. The lowest BCUT2D eigenvalue weighted by Gasteiger charge is -2.19. The van der Waals surface area contributed by atoms with E-state index in [0.717, 1.165) is 43.8 Å². The Kier molecular flexibility index (Phi) is 4.96. The summed E-state index contributed by atoms with van der Waals surface area (Å²) in [6.07, 6.45) is 7.20. The van der Waals surface area contributed by atoms with Crippen LogP contribution >= 0.6 is 11.3 Å². The lowest BCUT2D eigenvalue weighted by molar-refractivity contribution is 0.0951. The summed E-state index contributed by atoms with van der Waals surface area (Å²) in [6, 6.07) is 0. The zero-order valence-electron chi connectivity index (χ0n) is 13.0. The van der Waals surface area contributed by atoms with Gasteiger partial charge in [-0.25, -0.2) is 0 Å². The standard InChI is InChI=1S/C17H26N2OS/c1-13-5-6-14-15(12-21-16(14)11-13)17(20)18-7-4-10-19-8-2-3-9-19/h12-13H,2-11H2,1H3,(H,18,20). The van der Waals surface area contributed by atoms with Crippen molar-refractivity contribution in [3.8, 4) is 0 Å². The molecular formula is C17H26N2OS. The van der Waals surface area contributed by atoms with E-state index in [-0.39, 0.29) is 5.91 Å². The molecule has 2 heterocycles. The molecule has 1 unspecified atom stereocenters. The van der Waals surface area contributed by atoms with Gasteiger partial charge in [0.25, 0.3) is 5.91 Å². The summed E-state index contributed by atoms with van der Waals surface area (Å²) in [6.45, 7) is 6.71. The number of thiophene rings is 1. The molecule has 1 aliphatic carbocycles. The van der Waals surface area contributed by atoms with E-state index in [1.165, 1.54) is 42.8 Å². The summed E-state index contributed by atoms with van der Waals surface area (Å²) >= 11 is 1.77. The van der Waals surface area contributed by atoms with Crippen LogP contribution in [0.1, 0.15) is 53.4 Å². The Morgan fingerprint density at radius 2 is 2.24 bits per heavy atom. The quantitative estimate of drug-likeness (QED) is 0.848. The normalized spacial score (nSPS) is 22.2. The van der Waals surface area contributed by atoms with Gasteiger partial charge in [-0.3, -0.25) is 4.79 Å². The highest BCUT2D eigenvalue weighted by Gasteiger charge is 2.22. The van der Waals surface area contributed by atoms with Crippen molar-refractivity contribution in [1.82, 2.24) is 10.2 Å². The molecule has 21 heavy (non-hydrogen) atoms. The highest BCUT2D eigenvalue weighted by Crippen LogP contribution is 2.32. The lowest BCUT2D eigenvalue weighted by atomic mass is 9.88. The Hall–Kier alpha value is -0.870. The van der Waals surface area contributed by atoms with Crippen molar-refractivity contribution >= 4 is 17.2 Å². The Morgan fingerprint density at radius 3 is 3.05 bits per heavy atom. The number of amides is 1. The molecule has 3 nitrogen and oxygen atoms in total. The predicted octanol–water partition coefficient (Wildman–Crippen LogP) is 3.09.